The van der Waals surface area contributed by atoms with Crippen LogP contribution in [-0.4, -0.2) is 18.4 Å². The number of rotatable bonds is 3. The summed E-state index contributed by atoms with van der Waals surface area (Å²) in [5, 5.41) is 0. The predicted octanol–water partition coefficient (Wildman–Crippen LogP) is 2.81. The summed E-state index contributed by atoms with van der Waals surface area (Å²) in [6.45, 7) is 1.78. The second-order valence-corrected chi connectivity index (χ2v) is 6.27. The summed E-state index contributed by atoms with van der Waals surface area (Å²) >= 11 is 0. The Hall–Kier alpha value is -2.41. The number of sulfonamides is 1. The first-order chi connectivity index (χ1) is 9.95. The highest BCUT2D eigenvalue weighted by molar-refractivity contribution is 7.92. The van der Waals surface area contributed by atoms with Gasteiger partial charge in [-0.3, -0.25) is 4.72 Å². The highest BCUT2D eigenvalue weighted by atomic mass is 32.2. The molecular weight excluding hydrogens is 293 g/mol. The standard InChI is InChI=1S/C14H12FN3O2S/c1-9-16-13-7-6-10(8-14(13)17-9)21(19,20)18-12-5-3-2-4-11(12)15/h2-8,18H,1H3,(H,16,17). The van der Waals surface area contributed by atoms with E-state index in [2.05, 4.69) is 14.7 Å². The molecule has 0 saturated carbocycles. The molecule has 0 saturated heterocycles. The SMILES string of the molecule is Cc1nc2ccc(S(=O)(=O)Nc3ccccc3F)cc2[nH]1. The number of aromatic amines is 1. The van der Waals surface area contributed by atoms with E-state index in [1.165, 1.54) is 30.3 Å². The Kier molecular flexibility index (Phi) is 3.13. The fraction of sp³-hybridized carbons (Fsp3) is 0.0714. The van der Waals surface area contributed by atoms with Gasteiger partial charge in [-0.2, -0.15) is 0 Å². The number of imidazole rings is 1. The van der Waals surface area contributed by atoms with E-state index in [1.807, 2.05) is 0 Å². The Balaban J connectivity index is 2.01. The topological polar surface area (TPSA) is 74.8 Å². The Bertz CT molecular complexity index is 919. The normalized spacial score (nSPS) is 11.7. The van der Waals surface area contributed by atoms with Gasteiger partial charge in [-0.1, -0.05) is 12.1 Å². The molecule has 108 valence electrons. The van der Waals surface area contributed by atoms with Crippen molar-refractivity contribution in [2.75, 3.05) is 4.72 Å². The number of nitrogens with zero attached hydrogens (tertiary/aromatic N) is 1. The molecular formula is C14H12FN3O2S. The second kappa shape index (κ2) is 4.85. The van der Waals surface area contributed by atoms with Crippen LogP contribution >= 0.6 is 0 Å². The largest absolute Gasteiger partial charge is 0.342 e. The highest BCUT2D eigenvalue weighted by Gasteiger charge is 2.17. The molecule has 0 spiro atoms. The zero-order valence-electron chi connectivity index (χ0n) is 11.1. The quantitative estimate of drug-likeness (QED) is 0.781. The van der Waals surface area contributed by atoms with Crippen molar-refractivity contribution >= 4 is 26.7 Å². The van der Waals surface area contributed by atoms with Crippen molar-refractivity contribution < 1.29 is 12.8 Å². The first-order valence-electron chi connectivity index (χ1n) is 6.19. The van der Waals surface area contributed by atoms with Crippen LogP contribution in [0.25, 0.3) is 11.0 Å². The summed E-state index contributed by atoms with van der Waals surface area (Å²) in [5.41, 5.74) is 1.21. The van der Waals surface area contributed by atoms with Gasteiger partial charge in [-0.15, -0.1) is 0 Å². The summed E-state index contributed by atoms with van der Waals surface area (Å²) in [6, 6.07) is 10.1. The van der Waals surface area contributed by atoms with E-state index in [0.29, 0.717) is 16.9 Å². The molecule has 1 heterocycles. The number of para-hydroxylation sites is 1. The maximum atomic E-state index is 13.5. The summed E-state index contributed by atoms with van der Waals surface area (Å²) in [4.78, 5) is 7.22. The lowest BCUT2D eigenvalue weighted by molar-refractivity contribution is 0.598. The smallest absolute Gasteiger partial charge is 0.262 e. The van der Waals surface area contributed by atoms with Crippen LogP contribution in [0.2, 0.25) is 0 Å². The average Bonchev–Trinajstić information content (AvgIpc) is 2.80. The highest BCUT2D eigenvalue weighted by Crippen LogP contribution is 2.21. The van der Waals surface area contributed by atoms with Crippen molar-refractivity contribution in [1.29, 1.82) is 0 Å². The van der Waals surface area contributed by atoms with Gasteiger partial charge < -0.3 is 4.98 Å². The van der Waals surface area contributed by atoms with E-state index in [1.54, 1.807) is 19.1 Å². The Morgan fingerprint density at radius 2 is 1.95 bits per heavy atom. The van der Waals surface area contributed by atoms with E-state index < -0.39 is 15.8 Å². The van der Waals surface area contributed by atoms with Gasteiger partial charge in [0, 0.05) is 0 Å². The summed E-state index contributed by atoms with van der Waals surface area (Å²) < 4.78 is 40.4. The molecule has 0 bridgehead atoms. The van der Waals surface area contributed by atoms with E-state index in [0.717, 1.165) is 0 Å². The molecule has 5 nitrogen and oxygen atoms in total. The van der Waals surface area contributed by atoms with Crippen LogP contribution in [0.3, 0.4) is 0 Å². The minimum absolute atomic E-state index is 0.0434. The van der Waals surface area contributed by atoms with Crippen molar-refractivity contribution in [3.05, 3.63) is 54.1 Å². The number of halogens is 1. The summed E-state index contributed by atoms with van der Waals surface area (Å²) in [5.74, 6) is 0.0705. The van der Waals surface area contributed by atoms with Crippen LogP contribution in [0.5, 0.6) is 0 Å². The first kappa shape index (κ1) is 13.6. The lowest BCUT2D eigenvalue weighted by Gasteiger charge is -2.08. The van der Waals surface area contributed by atoms with Crippen LogP contribution < -0.4 is 4.72 Å². The van der Waals surface area contributed by atoms with Crippen LogP contribution in [-0.2, 0) is 10.0 Å². The predicted molar refractivity (Wildman–Crippen MR) is 78.0 cm³/mol. The molecule has 1 aromatic heterocycles. The van der Waals surface area contributed by atoms with Crippen molar-refractivity contribution in [2.45, 2.75) is 11.8 Å². The minimum atomic E-state index is -3.86. The molecule has 0 amide bonds. The molecule has 2 N–H and O–H groups in total. The van der Waals surface area contributed by atoms with Gasteiger partial charge in [-0.05, 0) is 37.3 Å². The van der Waals surface area contributed by atoms with Crippen molar-refractivity contribution in [2.24, 2.45) is 0 Å². The third kappa shape index (κ3) is 2.59. The number of fused-ring (bicyclic) bond motifs is 1. The maximum absolute atomic E-state index is 13.5. The van der Waals surface area contributed by atoms with Crippen molar-refractivity contribution in [1.82, 2.24) is 9.97 Å². The minimum Gasteiger partial charge on any atom is -0.342 e. The summed E-state index contributed by atoms with van der Waals surface area (Å²) in [7, 11) is -3.86. The Morgan fingerprint density at radius 1 is 1.19 bits per heavy atom. The average molecular weight is 305 g/mol. The number of H-pyrrole nitrogens is 1. The summed E-state index contributed by atoms with van der Waals surface area (Å²) in [6.07, 6.45) is 0. The number of hydrogen-bond donors (Lipinski definition) is 2. The van der Waals surface area contributed by atoms with Crippen molar-refractivity contribution in [3.63, 3.8) is 0 Å². The molecule has 2 aromatic carbocycles. The molecule has 3 aromatic rings. The number of anilines is 1. The third-order valence-electron chi connectivity index (χ3n) is 3.00. The van der Waals surface area contributed by atoms with Crippen LogP contribution in [0.4, 0.5) is 10.1 Å². The first-order valence-corrected chi connectivity index (χ1v) is 7.68. The van der Waals surface area contributed by atoms with Crippen LogP contribution in [0.1, 0.15) is 5.82 Å². The molecule has 0 unspecified atom stereocenters. The van der Waals surface area contributed by atoms with E-state index >= 15 is 0 Å². The van der Waals surface area contributed by atoms with E-state index in [-0.39, 0.29) is 10.6 Å². The van der Waals surface area contributed by atoms with Gasteiger partial charge in [0.25, 0.3) is 10.0 Å². The molecule has 0 aliphatic heterocycles. The van der Waals surface area contributed by atoms with E-state index in [9.17, 15) is 12.8 Å². The number of aryl methyl sites for hydroxylation is 1. The molecule has 0 aliphatic carbocycles. The zero-order chi connectivity index (χ0) is 15.0. The number of benzene rings is 2. The Labute approximate surface area is 120 Å². The van der Waals surface area contributed by atoms with Crippen LogP contribution in [0, 0.1) is 12.7 Å². The monoisotopic (exact) mass is 305 g/mol. The molecule has 3 rings (SSSR count). The zero-order valence-corrected chi connectivity index (χ0v) is 11.9. The molecule has 21 heavy (non-hydrogen) atoms. The fourth-order valence-corrected chi connectivity index (χ4v) is 3.12. The number of hydrogen-bond acceptors (Lipinski definition) is 3. The second-order valence-electron chi connectivity index (χ2n) is 4.59. The molecule has 0 radical (unpaired) electrons. The maximum Gasteiger partial charge on any atom is 0.262 e. The lowest BCUT2D eigenvalue weighted by Crippen LogP contribution is -2.13. The van der Waals surface area contributed by atoms with Gasteiger partial charge >= 0.3 is 0 Å². The fourth-order valence-electron chi connectivity index (χ4n) is 2.03. The van der Waals surface area contributed by atoms with E-state index in [4.69, 9.17) is 0 Å². The van der Waals surface area contributed by atoms with Gasteiger partial charge in [0.2, 0.25) is 0 Å². The molecule has 0 fully saturated rings. The molecule has 7 heteroatoms. The van der Waals surface area contributed by atoms with Gasteiger partial charge in [-0.25, -0.2) is 17.8 Å². The molecule has 0 atom stereocenters. The van der Waals surface area contributed by atoms with Gasteiger partial charge in [0.05, 0.1) is 21.6 Å². The van der Waals surface area contributed by atoms with Gasteiger partial charge in [0.1, 0.15) is 11.6 Å². The molecule has 0 aliphatic rings. The number of nitrogens with one attached hydrogen (secondary N) is 2. The van der Waals surface area contributed by atoms with Gasteiger partial charge in [0.15, 0.2) is 0 Å². The third-order valence-corrected chi connectivity index (χ3v) is 4.36. The Morgan fingerprint density at radius 3 is 2.71 bits per heavy atom. The lowest BCUT2D eigenvalue weighted by atomic mass is 10.3. The van der Waals surface area contributed by atoms with Crippen molar-refractivity contribution in [3.8, 4) is 0 Å². The van der Waals surface area contributed by atoms with Crippen LogP contribution in [0.15, 0.2) is 47.4 Å². The number of aromatic nitrogens is 2.